The van der Waals surface area contributed by atoms with Gasteiger partial charge < -0.3 is 10.0 Å². The first kappa shape index (κ1) is 9.36. The molecule has 0 heterocycles. The molecule has 3 heteroatoms. The number of hydrogen-bond donors (Lipinski definition) is 1. The molecular weight excluding hydrogens is 174 g/mol. The molecular formula is C9H12ClNO. The molecule has 1 aromatic carbocycles. The van der Waals surface area contributed by atoms with E-state index in [0.29, 0.717) is 5.02 Å². The molecule has 0 spiro atoms. The molecule has 0 bridgehead atoms. The molecule has 66 valence electrons. The first-order valence-electron chi connectivity index (χ1n) is 3.72. The van der Waals surface area contributed by atoms with Crippen LogP contribution in [0, 0.1) is 0 Å². The van der Waals surface area contributed by atoms with Crippen molar-refractivity contribution in [1.29, 1.82) is 0 Å². The third-order valence-electron chi connectivity index (χ3n) is 1.71. The zero-order valence-electron chi connectivity index (χ0n) is 7.21. The van der Waals surface area contributed by atoms with E-state index in [4.69, 9.17) is 16.7 Å². The second kappa shape index (κ2) is 3.78. The van der Waals surface area contributed by atoms with E-state index in [0.717, 1.165) is 11.3 Å². The van der Waals surface area contributed by atoms with Crippen LogP contribution in [0.4, 0.5) is 5.69 Å². The standard InChI is InChI=1S/C9H12ClNO/c1-11(2)8-5-3-4-7(6-12)9(8)10/h3-5,12H,6H2,1-2H3. The Hall–Kier alpha value is -0.730. The number of halogens is 1. The first-order valence-corrected chi connectivity index (χ1v) is 4.10. The number of anilines is 1. The van der Waals surface area contributed by atoms with Crippen molar-refractivity contribution in [2.24, 2.45) is 0 Å². The van der Waals surface area contributed by atoms with Crippen molar-refractivity contribution in [3.63, 3.8) is 0 Å². The summed E-state index contributed by atoms with van der Waals surface area (Å²) in [5.74, 6) is 0. The van der Waals surface area contributed by atoms with Crippen molar-refractivity contribution in [2.75, 3.05) is 19.0 Å². The van der Waals surface area contributed by atoms with Crippen LogP contribution in [0.2, 0.25) is 5.02 Å². The average molecular weight is 186 g/mol. The maximum Gasteiger partial charge on any atom is 0.0697 e. The minimum atomic E-state index is -0.0134. The number of aliphatic hydroxyl groups excluding tert-OH is 1. The molecule has 0 saturated heterocycles. The van der Waals surface area contributed by atoms with E-state index in [2.05, 4.69) is 0 Å². The largest absolute Gasteiger partial charge is 0.392 e. The van der Waals surface area contributed by atoms with Crippen LogP contribution in [0.15, 0.2) is 18.2 Å². The second-order valence-corrected chi connectivity index (χ2v) is 3.18. The average Bonchev–Trinajstić information content (AvgIpc) is 2.04. The Morgan fingerprint density at radius 3 is 2.58 bits per heavy atom. The summed E-state index contributed by atoms with van der Waals surface area (Å²) in [5.41, 5.74) is 1.70. The van der Waals surface area contributed by atoms with Gasteiger partial charge in [0.15, 0.2) is 0 Å². The number of aliphatic hydroxyl groups is 1. The lowest BCUT2D eigenvalue weighted by atomic mass is 10.2. The van der Waals surface area contributed by atoms with E-state index in [-0.39, 0.29) is 6.61 Å². The Morgan fingerprint density at radius 1 is 1.42 bits per heavy atom. The molecule has 0 aliphatic carbocycles. The highest BCUT2D eigenvalue weighted by Gasteiger charge is 2.05. The highest BCUT2D eigenvalue weighted by Crippen LogP contribution is 2.27. The van der Waals surface area contributed by atoms with Crippen LogP contribution in [-0.4, -0.2) is 19.2 Å². The molecule has 0 saturated carbocycles. The van der Waals surface area contributed by atoms with Gasteiger partial charge in [-0.25, -0.2) is 0 Å². The SMILES string of the molecule is CN(C)c1cccc(CO)c1Cl. The number of hydrogen-bond acceptors (Lipinski definition) is 2. The van der Waals surface area contributed by atoms with Crippen molar-refractivity contribution >= 4 is 17.3 Å². The van der Waals surface area contributed by atoms with Crippen LogP contribution >= 0.6 is 11.6 Å². The number of nitrogens with zero attached hydrogens (tertiary/aromatic N) is 1. The van der Waals surface area contributed by atoms with Crippen molar-refractivity contribution in [2.45, 2.75) is 6.61 Å². The predicted molar refractivity (Wildman–Crippen MR) is 51.7 cm³/mol. The van der Waals surface area contributed by atoms with Crippen molar-refractivity contribution in [3.05, 3.63) is 28.8 Å². The zero-order valence-corrected chi connectivity index (χ0v) is 7.97. The Labute approximate surface area is 77.4 Å². The van der Waals surface area contributed by atoms with Gasteiger partial charge >= 0.3 is 0 Å². The van der Waals surface area contributed by atoms with Gasteiger partial charge in [0.05, 0.1) is 17.3 Å². The molecule has 0 amide bonds. The summed E-state index contributed by atoms with van der Waals surface area (Å²) in [4.78, 5) is 1.92. The summed E-state index contributed by atoms with van der Waals surface area (Å²) in [6.07, 6.45) is 0. The maximum atomic E-state index is 8.92. The minimum Gasteiger partial charge on any atom is -0.392 e. The number of rotatable bonds is 2. The molecule has 0 fully saturated rings. The van der Waals surface area contributed by atoms with Crippen LogP contribution in [-0.2, 0) is 6.61 Å². The zero-order chi connectivity index (χ0) is 9.14. The predicted octanol–water partition coefficient (Wildman–Crippen LogP) is 1.90. The topological polar surface area (TPSA) is 23.5 Å². The van der Waals surface area contributed by atoms with Gasteiger partial charge in [-0.2, -0.15) is 0 Å². The van der Waals surface area contributed by atoms with Crippen LogP contribution < -0.4 is 4.90 Å². The van der Waals surface area contributed by atoms with Gasteiger partial charge in [0.25, 0.3) is 0 Å². The summed E-state index contributed by atoms with van der Waals surface area (Å²) < 4.78 is 0. The molecule has 1 N–H and O–H groups in total. The molecule has 0 unspecified atom stereocenters. The molecule has 0 radical (unpaired) electrons. The summed E-state index contributed by atoms with van der Waals surface area (Å²) >= 11 is 6.00. The maximum absolute atomic E-state index is 8.92. The van der Waals surface area contributed by atoms with E-state index in [1.807, 2.05) is 37.2 Å². The Balaban J connectivity index is 3.14. The van der Waals surface area contributed by atoms with Crippen LogP contribution in [0.5, 0.6) is 0 Å². The Morgan fingerprint density at radius 2 is 2.08 bits per heavy atom. The van der Waals surface area contributed by atoms with Gasteiger partial charge in [-0.3, -0.25) is 0 Å². The molecule has 1 rings (SSSR count). The fraction of sp³-hybridized carbons (Fsp3) is 0.333. The molecule has 2 nitrogen and oxygen atoms in total. The molecule has 12 heavy (non-hydrogen) atoms. The molecule has 0 aromatic heterocycles. The van der Waals surface area contributed by atoms with Gasteiger partial charge in [-0.05, 0) is 11.6 Å². The van der Waals surface area contributed by atoms with Gasteiger partial charge in [0, 0.05) is 14.1 Å². The van der Waals surface area contributed by atoms with E-state index < -0.39 is 0 Å². The second-order valence-electron chi connectivity index (χ2n) is 2.80. The van der Waals surface area contributed by atoms with Crippen LogP contribution in [0.25, 0.3) is 0 Å². The van der Waals surface area contributed by atoms with Gasteiger partial charge in [0.2, 0.25) is 0 Å². The lowest BCUT2D eigenvalue weighted by molar-refractivity contribution is 0.282. The first-order chi connectivity index (χ1) is 5.66. The third-order valence-corrected chi connectivity index (χ3v) is 2.15. The van der Waals surface area contributed by atoms with Crippen molar-refractivity contribution in [1.82, 2.24) is 0 Å². The molecule has 1 aromatic rings. The lowest BCUT2D eigenvalue weighted by Crippen LogP contribution is -2.09. The highest BCUT2D eigenvalue weighted by atomic mass is 35.5. The normalized spacial score (nSPS) is 10.0. The van der Waals surface area contributed by atoms with Crippen LogP contribution in [0.1, 0.15) is 5.56 Å². The Kier molecular flexibility index (Phi) is 2.95. The summed E-state index contributed by atoms with van der Waals surface area (Å²) in [6, 6.07) is 5.61. The summed E-state index contributed by atoms with van der Waals surface area (Å²) in [5, 5.41) is 9.55. The van der Waals surface area contributed by atoms with Gasteiger partial charge in [-0.1, -0.05) is 23.7 Å². The fourth-order valence-electron chi connectivity index (χ4n) is 1.03. The fourth-order valence-corrected chi connectivity index (χ4v) is 1.39. The van der Waals surface area contributed by atoms with Crippen LogP contribution in [0.3, 0.4) is 0 Å². The smallest absolute Gasteiger partial charge is 0.0697 e. The van der Waals surface area contributed by atoms with E-state index >= 15 is 0 Å². The highest BCUT2D eigenvalue weighted by molar-refractivity contribution is 6.34. The molecule has 0 aliphatic heterocycles. The minimum absolute atomic E-state index is 0.0134. The Bertz CT molecular complexity index is 273. The van der Waals surface area contributed by atoms with Gasteiger partial charge in [-0.15, -0.1) is 0 Å². The van der Waals surface area contributed by atoms with Crippen molar-refractivity contribution < 1.29 is 5.11 Å². The van der Waals surface area contributed by atoms with E-state index in [9.17, 15) is 0 Å². The van der Waals surface area contributed by atoms with Gasteiger partial charge in [0.1, 0.15) is 0 Å². The molecule has 0 aliphatic rings. The quantitative estimate of drug-likeness (QED) is 0.761. The lowest BCUT2D eigenvalue weighted by Gasteiger charge is -2.15. The van der Waals surface area contributed by atoms with E-state index in [1.165, 1.54) is 0 Å². The summed E-state index contributed by atoms with van der Waals surface area (Å²) in [6.45, 7) is -0.0134. The third kappa shape index (κ3) is 1.71. The number of benzene rings is 1. The van der Waals surface area contributed by atoms with E-state index in [1.54, 1.807) is 0 Å². The van der Waals surface area contributed by atoms with Crippen molar-refractivity contribution in [3.8, 4) is 0 Å². The summed E-state index contributed by atoms with van der Waals surface area (Å²) in [7, 11) is 3.84. The molecule has 0 atom stereocenters. The monoisotopic (exact) mass is 185 g/mol.